The molecule has 2 rings (SSSR count). The van der Waals surface area contributed by atoms with Gasteiger partial charge < -0.3 is 5.11 Å². The maximum Gasteiger partial charge on any atom is 0.321 e. The van der Waals surface area contributed by atoms with Crippen molar-refractivity contribution < 1.29 is 18.7 Å². The SMILES string of the molecule is CC(C)C(C(=O)O)N1Cc2c(F)c(Cl)c(Cl)c(F)c2C1. The molecule has 1 aliphatic heterocycles. The van der Waals surface area contributed by atoms with Gasteiger partial charge in [0.25, 0.3) is 0 Å². The van der Waals surface area contributed by atoms with E-state index in [0.29, 0.717) is 0 Å². The lowest BCUT2D eigenvalue weighted by Crippen LogP contribution is -2.41. The van der Waals surface area contributed by atoms with Crippen molar-refractivity contribution in [1.29, 1.82) is 0 Å². The van der Waals surface area contributed by atoms with E-state index in [9.17, 15) is 18.7 Å². The van der Waals surface area contributed by atoms with Crippen LogP contribution in [0.4, 0.5) is 8.78 Å². The molecule has 0 saturated heterocycles. The number of carboxylic acids is 1. The molecule has 1 aliphatic rings. The van der Waals surface area contributed by atoms with E-state index in [4.69, 9.17) is 23.2 Å². The highest BCUT2D eigenvalue weighted by atomic mass is 35.5. The van der Waals surface area contributed by atoms with Crippen LogP contribution in [0.2, 0.25) is 10.0 Å². The zero-order chi connectivity index (χ0) is 15.2. The highest BCUT2D eigenvalue weighted by Crippen LogP contribution is 2.39. The minimum absolute atomic E-state index is 0.00409. The Hall–Kier alpha value is -0.910. The molecule has 0 aliphatic carbocycles. The molecule has 0 amide bonds. The number of fused-ring (bicyclic) bond motifs is 1. The number of benzene rings is 1. The van der Waals surface area contributed by atoms with Crippen LogP contribution in [0.15, 0.2) is 0 Å². The van der Waals surface area contributed by atoms with Gasteiger partial charge in [0.2, 0.25) is 0 Å². The van der Waals surface area contributed by atoms with Crippen LogP contribution >= 0.6 is 23.2 Å². The van der Waals surface area contributed by atoms with Crippen LogP contribution in [0.25, 0.3) is 0 Å². The van der Waals surface area contributed by atoms with Gasteiger partial charge in [-0.15, -0.1) is 0 Å². The Morgan fingerprint density at radius 2 is 1.55 bits per heavy atom. The summed E-state index contributed by atoms with van der Waals surface area (Å²) >= 11 is 11.3. The van der Waals surface area contributed by atoms with Crippen molar-refractivity contribution in [3.63, 3.8) is 0 Å². The molecule has 3 nitrogen and oxygen atoms in total. The Labute approximate surface area is 125 Å². The van der Waals surface area contributed by atoms with Crippen molar-refractivity contribution in [2.75, 3.05) is 0 Å². The van der Waals surface area contributed by atoms with Gasteiger partial charge in [0, 0.05) is 24.2 Å². The minimum atomic E-state index is -1.02. The smallest absolute Gasteiger partial charge is 0.321 e. The second-order valence-electron chi connectivity index (χ2n) is 5.15. The first-order chi connectivity index (χ1) is 9.25. The third-order valence-corrected chi connectivity index (χ3v) is 4.28. The number of carbonyl (C=O) groups is 1. The number of halogens is 4. The summed E-state index contributed by atoms with van der Waals surface area (Å²) in [7, 11) is 0. The molecule has 0 spiro atoms. The average molecular weight is 324 g/mol. The largest absolute Gasteiger partial charge is 0.480 e. The van der Waals surface area contributed by atoms with Crippen LogP contribution in [0.1, 0.15) is 25.0 Å². The predicted molar refractivity (Wildman–Crippen MR) is 71.9 cm³/mol. The normalized spacial score (nSPS) is 16.6. The zero-order valence-electron chi connectivity index (χ0n) is 10.9. The Balaban J connectivity index is 2.44. The van der Waals surface area contributed by atoms with Crippen molar-refractivity contribution in [2.24, 2.45) is 5.92 Å². The second kappa shape index (κ2) is 5.47. The molecule has 110 valence electrons. The fraction of sp³-hybridized carbons (Fsp3) is 0.462. The quantitative estimate of drug-likeness (QED) is 0.681. The van der Waals surface area contributed by atoms with Gasteiger partial charge in [-0.3, -0.25) is 9.69 Å². The summed E-state index contributed by atoms with van der Waals surface area (Å²) in [6.45, 7) is 3.50. The van der Waals surface area contributed by atoms with Crippen molar-refractivity contribution in [3.8, 4) is 0 Å². The lowest BCUT2D eigenvalue weighted by atomic mass is 10.0. The lowest BCUT2D eigenvalue weighted by molar-refractivity contribution is -0.145. The standard InChI is InChI=1S/C13H13Cl2F2NO2/c1-5(2)12(13(19)20)18-3-6-7(4-18)11(17)9(15)8(14)10(6)16/h5,12H,3-4H2,1-2H3,(H,19,20). The summed E-state index contributed by atoms with van der Waals surface area (Å²) in [6, 6.07) is -0.821. The number of nitrogens with zero attached hydrogens (tertiary/aromatic N) is 1. The molecule has 1 atom stereocenters. The van der Waals surface area contributed by atoms with E-state index < -0.39 is 33.7 Å². The van der Waals surface area contributed by atoms with Gasteiger partial charge in [-0.05, 0) is 5.92 Å². The molecule has 0 bridgehead atoms. The first-order valence-electron chi connectivity index (χ1n) is 6.06. The van der Waals surface area contributed by atoms with Crippen LogP contribution in [-0.4, -0.2) is 22.0 Å². The van der Waals surface area contributed by atoms with Gasteiger partial charge in [0.1, 0.15) is 17.7 Å². The van der Waals surface area contributed by atoms with Crippen LogP contribution in [0, 0.1) is 17.6 Å². The van der Waals surface area contributed by atoms with E-state index >= 15 is 0 Å². The van der Waals surface area contributed by atoms with Gasteiger partial charge in [-0.25, -0.2) is 8.78 Å². The van der Waals surface area contributed by atoms with Gasteiger partial charge in [-0.2, -0.15) is 0 Å². The summed E-state index contributed by atoms with van der Waals surface area (Å²) in [5.41, 5.74) is 0.174. The molecular weight excluding hydrogens is 311 g/mol. The van der Waals surface area contributed by atoms with E-state index in [2.05, 4.69) is 0 Å². The van der Waals surface area contributed by atoms with Crippen molar-refractivity contribution in [1.82, 2.24) is 4.90 Å². The summed E-state index contributed by atoms with van der Waals surface area (Å²) in [6.07, 6.45) is 0. The summed E-state index contributed by atoms with van der Waals surface area (Å²) < 4.78 is 28.1. The zero-order valence-corrected chi connectivity index (χ0v) is 12.4. The van der Waals surface area contributed by atoms with E-state index in [1.807, 2.05) is 0 Å². The molecule has 0 aromatic heterocycles. The van der Waals surface area contributed by atoms with E-state index in [1.165, 1.54) is 4.90 Å². The van der Waals surface area contributed by atoms with Crippen LogP contribution < -0.4 is 0 Å². The molecule has 1 unspecified atom stereocenters. The van der Waals surface area contributed by atoms with Crippen molar-refractivity contribution in [3.05, 3.63) is 32.8 Å². The van der Waals surface area contributed by atoms with Crippen molar-refractivity contribution in [2.45, 2.75) is 33.0 Å². The Bertz CT molecular complexity index is 541. The number of carboxylic acid groups (broad SMARTS) is 1. The first-order valence-corrected chi connectivity index (χ1v) is 6.81. The third-order valence-electron chi connectivity index (χ3n) is 3.47. The Kier molecular flexibility index (Phi) is 4.23. The molecule has 1 aromatic carbocycles. The first kappa shape index (κ1) is 15.5. The molecule has 1 N–H and O–H groups in total. The number of aliphatic carboxylic acids is 1. The van der Waals surface area contributed by atoms with Crippen LogP contribution in [0.3, 0.4) is 0 Å². The Morgan fingerprint density at radius 3 is 1.85 bits per heavy atom. The minimum Gasteiger partial charge on any atom is -0.480 e. The van der Waals surface area contributed by atoms with Gasteiger partial charge >= 0.3 is 5.97 Å². The average Bonchev–Trinajstić information content (AvgIpc) is 2.77. The number of rotatable bonds is 3. The van der Waals surface area contributed by atoms with Gasteiger partial charge in [-0.1, -0.05) is 37.0 Å². The van der Waals surface area contributed by atoms with Crippen molar-refractivity contribution >= 4 is 29.2 Å². The second-order valence-corrected chi connectivity index (χ2v) is 5.90. The fourth-order valence-corrected chi connectivity index (χ4v) is 2.97. The maximum atomic E-state index is 14.0. The van der Waals surface area contributed by atoms with Crippen LogP contribution in [-0.2, 0) is 17.9 Å². The lowest BCUT2D eigenvalue weighted by Gasteiger charge is -2.26. The molecule has 20 heavy (non-hydrogen) atoms. The van der Waals surface area contributed by atoms with E-state index in [1.54, 1.807) is 13.8 Å². The number of hydrogen-bond acceptors (Lipinski definition) is 2. The summed E-state index contributed by atoms with van der Waals surface area (Å²) in [5, 5.41) is 8.34. The molecule has 1 aromatic rings. The third kappa shape index (κ3) is 2.38. The summed E-state index contributed by atoms with van der Waals surface area (Å²) in [4.78, 5) is 12.8. The van der Waals surface area contributed by atoms with E-state index in [-0.39, 0.29) is 30.1 Å². The maximum absolute atomic E-state index is 14.0. The molecular formula is C13H13Cl2F2NO2. The Morgan fingerprint density at radius 1 is 1.15 bits per heavy atom. The van der Waals surface area contributed by atoms with E-state index in [0.717, 1.165) is 0 Å². The monoisotopic (exact) mass is 323 g/mol. The number of hydrogen-bond donors (Lipinski definition) is 1. The highest BCUT2D eigenvalue weighted by Gasteiger charge is 2.37. The van der Waals surface area contributed by atoms with Gasteiger partial charge in [0.05, 0.1) is 10.0 Å². The molecule has 0 radical (unpaired) electrons. The molecule has 0 fully saturated rings. The van der Waals surface area contributed by atoms with Crippen LogP contribution in [0.5, 0.6) is 0 Å². The van der Waals surface area contributed by atoms with Gasteiger partial charge in [0.15, 0.2) is 0 Å². The summed E-state index contributed by atoms with van der Waals surface area (Å²) in [5.74, 6) is -2.77. The molecule has 0 saturated carbocycles. The molecule has 7 heteroatoms. The predicted octanol–water partition coefficient (Wildman–Crippen LogP) is 3.70. The highest BCUT2D eigenvalue weighted by molar-refractivity contribution is 6.42. The molecule has 1 heterocycles. The topological polar surface area (TPSA) is 40.5 Å². The fourth-order valence-electron chi connectivity index (χ4n) is 2.57.